The van der Waals surface area contributed by atoms with Crippen molar-refractivity contribution in [2.75, 3.05) is 36.6 Å². The average Bonchev–Trinajstić information content (AvgIpc) is 2.89. The van der Waals surface area contributed by atoms with Crippen LogP contribution < -0.4 is 14.8 Å². The number of benzene rings is 1. The minimum Gasteiger partial charge on any atom is -0.486 e. The minimum atomic E-state index is 0.593. The van der Waals surface area contributed by atoms with Crippen LogP contribution in [0.4, 0.5) is 5.69 Å². The Hall–Kier alpha value is -0.740. The Balaban J connectivity index is 1.70. The SMILES string of the molecule is Clc1cc2c(cc1NCC1CCSC1)OCCO2. The van der Waals surface area contributed by atoms with Gasteiger partial charge in [-0.2, -0.15) is 11.8 Å². The monoisotopic (exact) mass is 285 g/mol. The van der Waals surface area contributed by atoms with Crippen molar-refractivity contribution in [2.45, 2.75) is 6.42 Å². The first kappa shape index (κ1) is 12.3. The first-order valence-electron chi connectivity index (χ1n) is 6.23. The summed E-state index contributed by atoms with van der Waals surface area (Å²) in [5.41, 5.74) is 0.942. The second-order valence-corrected chi connectivity index (χ2v) is 6.14. The number of rotatable bonds is 3. The van der Waals surface area contributed by atoms with Gasteiger partial charge in [-0.25, -0.2) is 0 Å². The van der Waals surface area contributed by atoms with Crippen LogP contribution in [0.3, 0.4) is 0 Å². The normalized spacial score (nSPS) is 21.9. The third kappa shape index (κ3) is 2.64. The molecule has 5 heteroatoms. The van der Waals surface area contributed by atoms with Crippen molar-refractivity contribution in [2.24, 2.45) is 5.92 Å². The molecule has 3 nitrogen and oxygen atoms in total. The van der Waals surface area contributed by atoms with Gasteiger partial charge < -0.3 is 14.8 Å². The summed E-state index contributed by atoms with van der Waals surface area (Å²) in [6, 6.07) is 3.78. The predicted molar refractivity (Wildman–Crippen MR) is 76.4 cm³/mol. The fourth-order valence-corrected chi connectivity index (χ4v) is 3.70. The molecule has 98 valence electrons. The summed E-state index contributed by atoms with van der Waals surface area (Å²) in [5, 5.41) is 4.12. The van der Waals surface area contributed by atoms with Crippen molar-refractivity contribution in [1.82, 2.24) is 0 Å². The van der Waals surface area contributed by atoms with Gasteiger partial charge in [-0.05, 0) is 23.8 Å². The Morgan fingerprint density at radius 3 is 2.78 bits per heavy atom. The van der Waals surface area contributed by atoms with Crippen LogP contribution in [0.2, 0.25) is 5.02 Å². The summed E-state index contributed by atoms with van der Waals surface area (Å²) in [6.07, 6.45) is 1.29. The molecular weight excluding hydrogens is 270 g/mol. The molecule has 3 rings (SSSR count). The van der Waals surface area contributed by atoms with E-state index < -0.39 is 0 Å². The maximum Gasteiger partial charge on any atom is 0.163 e. The lowest BCUT2D eigenvalue weighted by molar-refractivity contribution is 0.171. The first-order valence-corrected chi connectivity index (χ1v) is 7.77. The largest absolute Gasteiger partial charge is 0.486 e. The van der Waals surface area contributed by atoms with Gasteiger partial charge in [0.2, 0.25) is 0 Å². The smallest absolute Gasteiger partial charge is 0.163 e. The molecule has 1 saturated heterocycles. The molecule has 1 atom stereocenters. The highest BCUT2D eigenvalue weighted by molar-refractivity contribution is 7.99. The highest BCUT2D eigenvalue weighted by Gasteiger charge is 2.18. The van der Waals surface area contributed by atoms with E-state index >= 15 is 0 Å². The number of anilines is 1. The topological polar surface area (TPSA) is 30.5 Å². The fraction of sp³-hybridized carbons (Fsp3) is 0.538. The summed E-state index contributed by atoms with van der Waals surface area (Å²) in [4.78, 5) is 0. The Bertz CT molecular complexity index is 435. The molecular formula is C13H16ClNO2S. The highest BCUT2D eigenvalue weighted by Crippen LogP contribution is 2.38. The van der Waals surface area contributed by atoms with Gasteiger partial charge in [-0.1, -0.05) is 11.6 Å². The molecule has 18 heavy (non-hydrogen) atoms. The zero-order chi connectivity index (χ0) is 12.4. The van der Waals surface area contributed by atoms with Gasteiger partial charge in [-0.15, -0.1) is 0 Å². The van der Waals surface area contributed by atoms with Gasteiger partial charge in [0.15, 0.2) is 11.5 Å². The molecule has 2 aliphatic rings. The quantitative estimate of drug-likeness (QED) is 0.923. The lowest BCUT2D eigenvalue weighted by Crippen LogP contribution is -2.17. The van der Waals surface area contributed by atoms with E-state index in [-0.39, 0.29) is 0 Å². The van der Waals surface area contributed by atoms with E-state index in [4.69, 9.17) is 21.1 Å². The van der Waals surface area contributed by atoms with Gasteiger partial charge in [0.05, 0.1) is 10.7 Å². The van der Waals surface area contributed by atoms with E-state index in [1.807, 2.05) is 23.9 Å². The molecule has 1 unspecified atom stereocenters. The molecule has 2 heterocycles. The number of halogens is 1. The van der Waals surface area contributed by atoms with Gasteiger partial charge in [0.1, 0.15) is 13.2 Å². The zero-order valence-corrected chi connectivity index (χ0v) is 11.6. The van der Waals surface area contributed by atoms with Crippen molar-refractivity contribution in [3.8, 4) is 11.5 Å². The number of hydrogen-bond acceptors (Lipinski definition) is 4. The van der Waals surface area contributed by atoms with E-state index in [0.717, 1.165) is 29.6 Å². The zero-order valence-electron chi connectivity index (χ0n) is 10.1. The Kier molecular flexibility index (Phi) is 3.75. The van der Waals surface area contributed by atoms with Crippen LogP contribution >= 0.6 is 23.4 Å². The summed E-state index contributed by atoms with van der Waals surface area (Å²) < 4.78 is 11.1. The summed E-state index contributed by atoms with van der Waals surface area (Å²) in [6.45, 7) is 2.18. The van der Waals surface area contributed by atoms with Crippen molar-refractivity contribution in [3.05, 3.63) is 17.2 Å². The van der Waals surface area contributed by atoms with Crippen LogP contribution in [0, 0.1) is 5.92 Å². The van der Waals surface area contributed by atoms with Crippen LogP contribution in [0.15, 0.2) is 12.1 Å². The number of thioether (sulfide) groups is 1. The van der Waals surface area contributed by atoms with Crippen LogP contribution in [0.5, 0.6) is 11.5 Å². The molecule has 0 radical (unpaired) electrons. The minimum absolute atomic E-state index is 0.593. The molecule has 0 amide bonds. The van der Waals surface area contributed by atoms with E-state index in [0.29, 0.717) is 18.2 Å². The second kappa shape index (κ2) is 5.49. The molecule has 0 saturated carbocycles. The van der Waals surface area contributed by atoms with Crippen molar-refractivity contribution in [1.29, 1.82) is 0 Å². The van der Waals surface area contributed by atoms with Crippen LogP contribution in [-0.2, 0) is 0 Å². The Morgan fingerprint density at radius 2 is 2.06 bits per heavy atom. The second-order valence-electron chi connectivity index (χ2n) is 4.59. The van der Waals surface area contributed by atoms with Gasteiger partial charge >= 0.3 is 0 Å². The molecule has 1 aromatic rings. The third-order valence-electron chi connectivity index (χ3n) is 3.24. The Morgan fingerprint density at radius 1 is 1.28 bits per heavy atom. The fourth-order valence-electron chi connectivity index (χ4n) is 2.20. The molecule has 1 fully saturated rings. The van der Waals surface area contributed by atoms with E-state index in [1.165, 1.54) is 17.9 Å². The summed E-state index contributed by atoms with van der Waals surface area (Å²) >= 11 is 8.27. The van der Waals surface area contributed by atoms with E-state index in [9.17, 15) is 0 Å². The molecule has 1 N–H and O–H groups in total. The number of fused-ring (bicyclic) bond motifs is 1. The molecule has 2 aliphatic heterocycles. The van der Waals surface area contributed by atoms with Gasteiger partial charge in [0, 0.05) is 18.7 Å². The number of nitrogens with one attached hydrogen (secondary N) is 1. The van der Waals surface area contributed by atoms with Crippen molar-refractivity contribution in [3.63, 3.8) is 0 Å². The van der Waals surface area contributed by atoms with Crippen LogP contribution in [-0.4, -0.2) is 31.3 Å². The summed E-state index contributed by atoms with van der Waals surface area (Å²) in [5.74, 6) is 4.80. The van der Waals surface area contributed by atoms with Crippen LogP contribution in [0.25, 0.3) is 0 Å². The number of ether oxygens (including phenoxy) is 2. The van der Waals surface area contributed by atoms with Crippen molar-refractivity contribution < 1.29 is 9.47 Å². The summed E-state index contributed by atoms with van der Waals surface area (Å²) in [7, 11) is 0. The highest BCUT2D eigenvalue weighted by atomic mass is 35.5. The van der Waals surface area contributed by atoms with Crippen LogP contribution in [0.1, 0.15) is 6.42 Å². The van der Waals surface area contributed by atoms with E-state index in [2.05, 4.69) is 5.32 Å². The lowest BCUT2D eigenvalue weighted by atomic mass is 10.1. The molecule has 0 spiro atoms. The average molecular weight is 286 g/mol. The maximum absolute atomic E-state index is 6.24. The molecule has 0 bridgehead atoms. The molecule has 0 aliphatic carbocycles. The first-order chi connectivity index (χ1) is 8.83. The number of hydrogen-bond donors (Lipinski definition) is 1. The van der Waals surface area contributed by atoms with Gasteiger partial charge in [0.25, 0.3) is 0 Å². The van der Waals surface area contributed by atoms with Gasteiger partial charge in [-0.3, -0.25) is 0 Å². The molecule has 0 aromatic heterocycles. The molecule has 1 aromatic carbocycles. The Labute approximate surface area is 116 Å². The predicted octanol–water partition coefficient (Wildman–Crippen LogP) is 3.28. The van der Waals surface area contributed by atoms with Crippen molar-refractivity contribution >= 4 is 29.1 Å². The third-order valence-corrected chi connectivity index (χ3v) is 4.78. The standard InChI is InChI=1S/C13H16ClNO2S/c14-10-5-12-13(17-3-2-16-12)6-11(10)15-7-9-1-4-18-8-9/h5-6,9,15H,1-4,7-8H2. The van der Waals surface area contributed by atoms with E-state index in [1.54, 1.807) is 0 Å². The lowest BCUT2D eigenvalue weighted by Gasteiger charge is -2.20. The maximum atomic E-state index is 6.24.